The van der Waals surface area contributed by atoms with Crippen LogP contribution in [-0.2, 0) is 12.7 Å². The van der Waals surface area contributed by atoms with Gasteiger partial charge >= 0.3 is 12.2 Å². The van der Waals surface area contributed by atoms with Crippen LogP contribution in [0.25, 0.3) is 0 Å². The highest BCUT2D eigenvalue weighted by atomic mass is 19.4. The van der Waals surface area contributed by atoms with Crippen LogP contribution in [0.1, 0.15) is 31.9 Å². The molecule has 1 atom stereocenters. The maximum atomic E-state index is 12.5. The first-order chi connectivity index (χ1) is 9.20. The highest BCUT2D eigenvalue weighted by Crippen LogP contribution is 2.29. The number of carbonyl (C=O) groups is 1. The fourth-order valence-electron chi connectivity index (χ4n) is 1.46. The molecule has 0 aliphatic carbocycles. The molecular formula is C14H19F3N2O. The quantitative estimate of drug-likeness (QED) is 0.874. The molecule has 1 aromatic carbocycles. The monoisotopic (exact) mass is 288 g/mol. The number of alkyl halides is 3. The Balaban J connectivity index is 2.56. The topological polar surface area (TPSA) is 41.1 Å². The van der Waals surface area contributed by atoms with Gasteiger partial charge in [-0.1, -0.05) is 26.0 Å². The molecule has 0 aliphatic rings. The van der Waals surface area contributed by atoms with E-state index in [1.807, 2.05) is 20.8 Å². The first-order valence-electron chi connectivity index (χ1n) is 6.40. The lowest BCUT2D eigenvalue weighted by molar-refractivity contribution is -0.137. The van der Waals surface area contributed by atoms with E-state index in [1.165, 1.54) is 6.07 Å². The Morgan fingerprint density at radius 3 is 2.45 bits per heavy atom. The third kappa shape index (κ3) is 5.11. The lowest BCUT2D eigenvalue weighted by Crippen LogP contribution is -2.42. The molecule has 0 saturated carbocycles. The molecule has 0 saturated heterocycles. The molecule has 0 aromatic heterocycles. The van der Waals surface area contributed by atoms with Crippen molar-refractivity contribution in [3.63, 3.8) is 0 Å². The van der Waals surface area contributed by atoms with Crippen LogP contribution < -0.4 is 10.6 Å². The van der Waals surface area contributed by atoms with E-state index in [-0.39, 0.29) is 24.5 Å². The van der Waals surface area contributed by atoms with Crippen LogP contribution in [0.5, 0.6) is 0 Å². The molecule has 0 fully saturated rings. The molecule has 20 heavy (non-hydrogen) atoms. The van der Waals surface area contributed by atoms with Gasteiger partial charge < -0.3 is 10.6 Å². The zero-order chi connectivity index (χ0) is 15.3. The summed E-state index contributed by atoms with van der Waals surface area (Å²) < 4.78 is 37.6. The summed E-state index contributed by atoms with van der Waals surface area (Å²) in [6.45, 7) is 5.87. The molecule has 2 N–H and O–H groups in total. The highest BCUT2D eigenvalue weighted by molar-refractivity contribution is 5.74. The summed E-state index contributed by atoms with van der Waals surface area (Å²) >= 11 is 0. The van der Waals surface area contributed by atoms with Crippen molar-refractivity contribution in [3.05, 3.63) is 35.4 Å². The van der Waals surface area contributed by atoms with E-state index >= 15 is 0 Å². The Hall–Kier alpha value is -1.72. The standard InChI is InChI=1S/C14H19F3N2O/c1-9(2)10(3)19-13(20)18-8-11-5-4-6-12(7-11)14(15,16)17/h4-7,9-10H,8H2,1-3H3,(H2,18,19,20). The number of nitrogens with one attached hydrogen (secondary N) is 2. The van der Waals surface area contributed by atoms with Crippen molar-refractivity contribution >= 4 is 6.03 Å². The first kappa shape index (κ1) is 16.3. The van der Waals surface area contributed by atoms with E-state index in [2.05, 4.69) is 10.6 Å². The summed E-state index contributed by atoms with van der Waals surface area (Å²) in [5.41, 5.74) is -0.306. The Kier molecular flexibility index (Phi) is 5.42. The fourth-order valence-corrected chi connectivity index (χ4v) is 1.46. The number of halogens is 3. The van der Waals surface area contributed by atoms with E-state index < -0.39 is 11.7 Å². The van der Waals surface area contributed by atoms with Crippen molar-refractivity contribution in [3.8, 4) is 0 Å². The highest BCUT2D eigenvalue weighted by Gasteiger charge is 2.30. The second kappa shape index (κ2) is 6.63. The summed E-state index contributed by atoms with van der Waals surface area (Å²) in [6.07, 6.45) is -4.37. The van der Waals surface area contributed by atoms with Crippen LogP contribution in [0.2, 0.25) is 0 Å². The minimum Gasteiger partial charge on any atom is -0.335 e. The summed E-state index contributed by atoms with van der Waals surface area (Å²) in [5, 5.41) is 5.27. The number of carbonyl (C=O) groups excluding carboxylic acids is 1. The van der Waals surface area contributed by atoms with Crippen LogP contribution in [0.15, 0.2) is 24.3 Å². The smallest absolute Gasteiger partial charge is 0.335 e. The van der Waals surface area contributed by atoms with Gasteiger partial charge in [0.1, 0.15) is 0 Å². The van der Waals surface area contributed by atoms with E-state index in [4.69, 9.17) is 0 Å². The van der Waals surface area contributed by atoms with Crippen molar-refractivity contribution in [2.45, 2.75) is 39.5 Å². The molecule has 0 heterocycles. The van der Waals surface area contributed by atoms with Crippen molar-refractivity contribution in [1.82, 2.24) is 10.6 Å². The second-order valence-corrected chi connectivity index (χ2v) is 5.06. The van der Waals surface area contributed by atoms with Gasteiger partial charge in [-0.2, -0.15) is 13.2 Å². The molecule has 112 valence electrons. The van der Waals surface area contributed by atoms with Gasteiger partial charge in [0.15, 0.2) is 0 Å². The van der Waals surface area contributed by atoms with Crippen molar-refractivity contribution in [1.29, 1.82) is 0 Å². The predicted molar refractivity (Wildman–Crippen MR) is 71.1 cm³/mol. The number of rotatable bonds is 4. The zero-order valence-electron chi connectivity index (χ0n) is 11.7. The van der Waals surface area contributed by atoms with Crippen LogP contribution in [-0.4, -0.2) is 12.1 Å². The van der Waals surface area contributed by atoms with Gasteiger partial charge in [-0.3, -0.25) is 0 Å². The normalized spacial score (nSPS) is 13.2. The fraction of sp³-hybridized carbons (Fsp3) is 0.500. The average molecular weight is 288 g/mol. The third-order valence-electron chi connectivity index (χ3n) is 3.07. The summed E-state index contributed by atoms with van der Waals surface area (Å²) in [6, 6.07) is 4.52. The van der Waals surface area contributed by atoms with Crippen LogP contribution in [0, 0.1) is 5.92 Å². The lowest BCUT2D eigenvalue weighted by Gasteiger charge is -2.18. The van der Waals surface area contributed by atoms with Crippen molar-refractivity contribution in [2.24, 2.45) is 5.92 Å². The van der Waals surface area contributed by atoms with Gasteiger partial charge in [-0.15, -0.1) is 0 Å². The van der Waals surface area contributed by atoms with E-state index in [0.717, 1.165) is 12.1 Å². The molecule has 1 unspecified atom stereocenters. The summed E-state index contributed by atoms with van der Waals surface area (Å²) in [4.78, 5) is 11.6. The Labute approximate surface area is 116 Å². The molecule has 6 heteroatoms. The Bertz CT molecular complexity index is 458. The van der Waals surface area contributed by atoms with Crippen molar-refractivity contribution in [2.75, 3.05) is 0 Å². The molecule has 1 rings (SSSR count). The molecule has 2 amide bonds. The van der Waals surface area contributed by atoms with Gasteiger partial charge in [-0.25, -0.2) is 4.79 Å². The second-order valence-electron chi connectivity index (χ2n) is 5.06. The third-order valence-corrected chi connectivity index (χ3v) is 3.07. The van der Waals surface area contributed by atoms with Gasteiger partial charge in [0.25, 0.3) is 0 Å². The van der Waals surface area contributed by atoms with Crippen LogP contribution in [0.4, 0.5) is 18.0 Å². The summed E-state index contributed by atoms with van der Waals surface area (Å²) in [7, 11) is 0. The van der Waals surface area contributed by atoms with Gasteiger partial charge in [0.05, 0.1) is 5.56 Å². The maximum Gasteiger partial charge on any atom is 0.416 e. The Morgan fingerprint density at radius 1 is 1.25 bits per heavy atom. The molecule has 1 aromatic rings. The Morgan fingerprint density at radius 2 is 1.90 bits per heavy atom. The van der Waals surface area contributed by atoms with Crippen LogP contribution in [0.3, 0.4) is 0 Å². The molecular weight excluding hydrogens is 269 g/mol. The van der Waals surface area contributed by atoms with Gasteiger partial charge in [0, 0.05) is 12.6 Å². The predicted octanol–water partition coefficient (Wildman–Crippen LogP) is 3.55. The van der Waals surface area contributed by atoms with Crippen molar-refractivity contribution < 1.29 is 18.0 Å². The number of urea groups is 1. The number of benzene rings is 1. The lowest BCUT2D eigenvalue weighted by atomic mass is 10.1. The van der Waals surface area contributed by atoms with E-state index in [0.29, 0.717) is 5.56 Å². The summed E-state index contributed by atoms with van der Waals surface area (Å²) in [5.74, 6) is 0.286. The van der Waals surface area contributed by atoms with Crippen LogP contribution >= 0.6 is 0 Å². The minimum atomic E-state index is -4.37. The molecule has 0 radical (unpaired) electrons. The number of hydrogen-bond donors (Lipinski definition) is 2. The average Bonchev–Trinajstić information content (AvgIpc) is 2.35. The SMILES string of the molecule is CC(C)C(C)NC(=O)NCc1cccc(C(F)(F)F)c1. The minimum absolute atomic E-state index is 0.00323. The molecule has 0 spiro atoms. The maximum absolute atomic E-state index is 12.5. The molecule has 0 aliphatic heterocycles. The molecule has 3 nitrogen and oxygen atoms in total. The van der Waals surface area contributed by atoms with E-state index in [9.17, 15) is 18.0 Å². The van der Waals surface area contributed by atoms with E-state index in [1.54, 1.807) is 6.07 Å². The van der Waals surface area contributed by atoms with Gasteiger partial charge in [-0.05, 0) is 30.5 Å². The number of amides is 2. The largest absolute Gasteiger partial charge is 0.416 e. The van der Waals surface area contributed by atoms with Gasteiger partial charge in [0.2, 0.25) is 0 Å². The number of hydrogen-bond acceptors (Lipinski definition) is 1. The zero-order valence-corrected chi connectivity index (χ0v) is 11.7. The molecule has 0 bridgehead atoms. The first-order valence-corrected chi connectivity index (χ1v) is 6.40.